The Labute approximate surface area is 109 Å². The highest BCUT2D eigenvalue weighted by Crippen LogP contribution is 2.35. The lowest BCUT2D eigenvalue weighted by atomic mass is 9.69. The Balaban J connectivity index is 2.33. The fourth-order valence-electron chi connectivity index (χ4n) is 2.68. The van der Waals surface area contributed by atoms with E-state index < -0.39 is 0 Å². The first-order valence-electron chi connectivity index (χ1n) is 6.49. The van der Waals surface area contributed by atoms with Gasteiger partial charge in [0.25, 0.3) is 0 Å². The Morgan fingerprint density at radius 2 is 1.94 bits per heavy atom. The maximum atomic E-state index is 12.5. The molecule has 0 aliphatic carbocycles. The van der Waals surface area contributed by atoms with Crippen LogP contribution in [0, 0.1) is 11.8 Å². The van der Waals surface area contributed by atoms with Gasteiger partial charge < -0.3 is 5.32 Å². The Morgan fingerprint density at radius 1 is 1.28 bits per heavy atom. The summed E-state index contributed by atoms with van der Waals surface area (Å²) in [6, 6.07) is 10.2. The molecule has 0 atom stereocenters. The quantitative estimate of drug-likeness (QED) is 0.823. The van der Waals surface area contributed by atoms with Gasteiger partial charge in [-0.1, -0.05) is 36.3 Å². The van der Waals surface area contributed by atoms with Gasteiger partial charge in [-0.2, -0.15) is 0 Å². The highest BCUT2D eigenvalue weighted by Gasteiger charge is 2.39. The summed E-state index contributed by atoms with van der Waals surface area (Å²) in [6.45, 7) is 3.59. The molecule has 0 amide bonds. The Bertz CT molecular complexity index is 461. The summed E-state index contributed by atoms with van der Waals surface area (Å²) in [7, 11) is 0. The first kappa shape index (κ1) is 12.9. The normalized spacial score (nSPS) is 17.6. The number of piperidine rings is 1. The van der Waals surface area contributed by atoms with Gasteiger partial charge in [-0.05, 0) is 38.4 Å². The molecule has 1 aromatic rings. The molecule has 0 saturated carbocycles. The number of Topliss-reactive ketones (excluding diaryl/α,β-unsaturated/α-hetero) is 1. The average Bonchev–Trinajstić information content (AvgIpc) is 2.46. The van der Waals surface area contributed by atoms with Crippen LogP contribution in [0.2, 0.25) is 0 Å². The molecule has 18 heavy (non-hydrogen) atoms. The fourth-order valence-corrected chi connectivity index (χ4v) is 2.68. The lowest BCUT2D eigenvalue weighted by Crippen LogP contribution is -2.45. The Kier molecular flexibility index (Phi) is 4.17. The van der Waals surface area contributed by atoms with Gasteiger partial charge in [0.15, 0.2) is 5.78 Å². The summed E-state index contributed by atoms with van der Waals surface area (Å²) in [5.74, 6) is 6.01. The molecule has 1 N–H and O–H groups in total. The van der Waals surface area contributed by atoms with E-state index in [1.807, 2.05) is 18.2 Å². The molecule has 0 spiro atoms. The van der Waals surface area contributed by atoms with E-state index in [4.69, 9.17) is 0 Å². The minimum atomic E-state index is -0.323. The highest BCUT2D eigenvalue weighted by molar-refractivity contribution is 5.92. The summed E-state index contributed by atoms with van der Waals surface area (Å²) in [5.41, 5.74) is 0.825. The summed E-state index contributed by atoms with van der Waals surface area (Å²) >= 11 is 0. The van der Waals surface area contributed by atoms with Crippen LogP contribution in [-0.4, -0.2) is 18.9 Å². The number of hydrogen-bond acceptors (Lipinski definition) is 2. The molecule has 2 rings (SSSR count). The minimum Gasteiger partial charge on any atom is -0.317 e. The summed E-state index contributed by atoms with van der Waals surface area (Å²) in [4.78, 5) is 12.5. The topological polar surface area (TPSA) is 29.1 Å². The SMILES string of the molecule is CC#CCC(=O)C1(c2ccccc2)CCNCC1. The van der Waals surface area contributed by atoms with Crippen LogP contribution in [0.25, 0.3) is 0 Å². The molecule has 1 heterocycles. The van der Waals surface area contributed by atoms with Crippen LogP contribution in [0.3, 0.4) is 0 Å². The van der Waals surface area contributed by atoms with E-state index >= 15 is 0 Å². The fraction of sp³-hybridized carbons (Fsp3) is 0.438. The molecular formula is C16H19NO. The van der Waals surface area contributed by atoms with Crippen molar-refractivity contribution in [3.8, 4) is 11.8 Å². The highest BCUT2D eigenvalue weighted by atomic mass is 16.1. The second kappa shape index (κ2) is 5.84. The van der Waals surface area contributed by atoms with Crippen molar-refractivity contribution in [2.75, 3.05) is 13.1 Å². The number of rotatable bonds is 3. The van der Waals surface area contributed by atoms with Crippen LogP contribution in [0.15, 0.2) is 30.3 Å². The molecule has 0 radical (unpaired) electrons. The largest absolute Gasteiger partial charge is 0.317 e. The van der Waals surface area contributed by atoms with Crippen molar-refractivity contribution >= 4 is 5.78 Å². The van der Waals surface area contributed by atoms with E-state index in [9.17, 15) is 4.79 Å². The van der Waals surface area contributed by atoms with Gasteiger partial charge in [0.1, 0.15) is 0 Å². The predicted molar refractivity (Wildman–Crippen MR) is 73.3 cm³/mol. The maximum absolute atomic E-state index is 12.5. The van der Waals surface area contributed by atoms with E-state index in [1.165, 1.54) is 0 Å². The average molecular weight is 241 g/mol. The monoisotopic (exact) mass is 241 g/mol. The molecule has 0 aromatic heterocycles. The van der Waals surface area contributed by atoms with Gasteiger partial charge in [0.2, 0.25) is 0 Å². The molecular weight excluding hydrogens is 222 g/mol. The first-order valence-corrected chi connectivity index (χ1v) is 6.49. The first-order chi connectivity index (χ1) is 8.79. The van der Waals surface area contributed by atoms with Crippen molar-refractivity contribution in [3.05, 3.63) is 35.9 Å². The smallest absolute Gasteiger partial charge is 0.155 e. The van der Waals surface area contributed by atoms with Crippen LogP contribution in [0.1, 0.15) is 31.7 Å². The van der Waals surface area contributed by atoms with Crippen molar-refractivity contribution < 1.29 is 4.79 Å². The zero-order valence-electron chi connectivity index (χ0n) is 10.8. The number of ketones is 1. The molecule has 0 unspecified atom stereocenters. The maximum Gasteiger partial charge on any atom is 0.155 e. The molecule has 0 bridgehead atoms. The van der Waals surface area contributed by atoms with Crippen LogP contribution >= 0.6 is 0 Å². The lowest BCUT2D eigenvalue weighted by molar-refractivity contribution is -0.124. The number of hydrogen-bond donors (Lipinski definition) is 1. The third kappa shape index (κ3) is 2.47. The van der Waals surface area contributed by atoms with Gasteiger partial charge in [0, 0.05) is 0 Å². The molecule has 1 fully saturated rings. The van der Waals surface area contributed by atoms with Crippen LogP contribution in [0.5, 0.6) is 0 Å². The Morgan fingerprint density at radius 3 is 2.56 bits per heavy atom. The summed E-state index contributed by atoms with van der Waals surface area (Å²) < 4.78 is 0. The van der Waals surface area contributed by atoms with Crippen molar-refractivity contribution in [2.24, 2.45) is 0 Å². The van der Waals surface area contributed by atoms with Crippen LogP contribution < -0.4 is 5.32 Å². The number of nitrogens with one attached hydrogen (secondary N) is 1. The number of carbonyl (C=O) groups is 1. The molecule has 1 saturated heterocycles. The molecule has 1 aliphatic heterocycles. The van der Waals surface area contributed by atoms with Gasteiger partial charge in [-0.15, -0.1) is 5.92 Å². The number of benzene rings is 1. The van der Waals surface area contributed by atoms with E-state index in [2.05, 4.69) is 29.3 Å². The van der Waals surface area contributed by atoms with Gasteiger partial charge in [-0.3, -0.25) is 4.79 Å². The molecule has 2 heteroatoms. The van der Waals surface area contributed by atoms with Crippen molar-refractivity contribution in [2.45, 2.75) is 31.6 Å². The van der Waals surface area contributed by atoms with Gasteiger partial charge >= 0.3 is 0 Å². The van der Waals surface area contributed by atoms with Crippen LogP contribution in [0.4, 0.5) is 0 Å². The summed E-state index contributed by atoms with van der Waals surface area (Å²) in [5, 5.41) is 3.33. The molecule has 1 aromatic carbocycles. The van der Waals surface area contributed by atoms with Crippen molar-refractivity contribution in [3.63, 3.8) is 0 Å². The van der Waals surface area contributed by atoms with E-state index in [0.717, 1.165) is 31.5 Å². The van der Waals surface area contributed by atoms with E-state index in [1.54, 1.807) is 6.92 Å². The molecule has 94 valence electrons. The molecule has 2 nitrogen and oxygen atoms in total. The standard InChI is InChI=1S/C16H19NO/c1-2-3-9-15(18)16(10-12-17-13-11-16)14-7-5-4-6-8-14/h4-8,17H,9-13H2,1H3. The second-order valence-corrected chi connectivity index (χ2v) is 4.72. The minimum absolute atomic E-state index is 0.268. The Hall–Kier alpha value is -1.59. The van der Waals surface area contributed by atoms with Crippen molar-refractivity contribution in [1.82, 2.24) is 5.32 Å². The molecule has 1 aliphatic rings. The van der Waals surface area contributed by atoms with Crippen LogP contribution in [-0.2, 0) is 10.2 Å². The zero-order valence-corrected chi connectivity index (χ0v) is 10.8. The third-order valence-corrected chi connectivity index (χ3v) is 3.74. The zero-order chi connectivity index (χ0) is 12.8. The lowest BCUT2D eigenvalue weighted by Gasteiger charge is -2.36. The van der Waals surface area contributed by atoms with E-state index in [-0.39, 0.29) is 11.2 Å². The van der Waals surface area contributed by atoms with Gasteiger partial charge in [-0.25, -0.2) is 0 Å². The predicted octanol–water partition coefficient (Wildman–Crippen LogP) is 2.29. The van der Waals surface area contributed by atoms with E-state index in [0.29, 0.717) is 6.42 Å². The van der Waals surface area contributed by atoms with Gasteiger partial charge in [0.05, 0.1) is 11.8 Å². The second-order valence-electron chi connectivity index (χ2n) is 4.72. The van der Waals surface area contributed by atoms with Crippen molar-refractivity contribution in [1.29, 1.82) is 0 Å². The number of carbonyl (C=O) groups excluding carboxylic acids is 1. The third-order valence-electron chi connectivity index (χ3n) is 3.74. The summed E-state index contributed by atoms with van der Waals surface area (Å²) in [6.07, 6.45) is 2.12.